The first-order valence-corrected chi connectivity index (χ1v) is 6.44. The number of aryl methyl sites for hydroxylation is 3. The topological polar surface area (TPSA) is 65.6 Å². The molecule has 0 aliphatic heterocycles. The number of carbonyl (C=O) groups excluding carboxylic acids is 1. The van der Waals surface area contributed by atoms with Crippen molar-refractivity contribution in [3.63, 3.8) is 0 Å². The molecule has 0 saturated heterocycles. The fourth-order valence-corrected chi connectivity index (χ4v) is 2.23. The van der Waals surface area contributed by atoms with Crippen LogP contribution in [0.2, 0.25) is 0 Å². The van der Waals surface area contributed by atoms with Crippen molar-refractivity contribution in [3.8, 4) is 0 Å². The summed E-state index contributed by atoms with van der Waals surface area (Å²) < 4.78 is 3.53. The van der Waals surface area contributed by atoms with Gasteiger partial charge in [0.05, 0.1) is 17.7 Å². The summed E-state index contributed by atoms with van der Waals surface area (Å²) in [7, 11) is 1.85. The summed E-state index contributed by atoms with van der Waals surface area (Å²) >= 11 is 0. The Kier molecular flexibility index (Phi) is 3.78. The van der Waals surface area contributed by atoms with Crippen molar-refractivity contribution in [1.29, 1.82) is 0 Å². The van der Waals surface area contributed by atoms with Crippen molar-refractivity contribution in [2.45, 2.75) is 40.2 Å². The van der Waals surface area contributed by atoms with E-state index in [0.29, 0.717) is 5.56 Å². The lowest BCUT2D eigenvalue weighted by Crippen LogP contribution is -2.13. The fourth-order valence-electron chi connectivity index (χ4n) is 2.23. The SMILES string of the molecule is CCCn1ncnc1CC(=O)c1c(C)nn(C)c1C. The minimum absolute atomic E-state index is 0.0495. The summed E-state index contributed by atoms with van der Waals surface area (Å²) in [5.74, 6) is 0.767. The lowest BCUT2D eigenvalue weighted by molar-refractivity contribution is 0.0988. The van der Waals surface area contributed by atoms with Gasteiger partial charge in [0.25, 0.3) is 0 Å². The van der Waals surface area contributed by atoms with Crippen LogP contribution in [0.1, 0.15) is 40.9 Å². The molecule has 0 saturated carbocycles. The van der Waals surface area contributed by atoms with E-state index in [9.17, 15) is 4.79 Å². The van der Waals surface area contributed by atoms with Crippen molar-refractivity contribution >= 4 is 5.78 Å². The normalized spacial score (nSPS) is 10.9. The minimum Gasteiger partial charge on any atom is -0.294 e. The molecule has 0 aliphatic rings. The molecule has 2 aromatic heterocycles. The molecular formula is C13H19N5O. The molecule has 0 aromatic carbocycles. The number of aromatic nitrogens is 5. The molecule has 6 heteroatoms. The second kappa shape index (κ2) is 5.34. The molecular weight excluding hydrogens is 242 g/mol. The van der Waals surface area contributed by atoms with Gasteiger partial charge in [-0.1, -0.05) is 6.92 Å². The van der Waals surface area contributed by atoms with E-state index >= 15 is 0 Å². The monoisotopic (exact) mass is 261 g/mol. The first kappa shape index (κ1) is 13.5. The van der Waals surface area contributed by atoms with E-state index in [2.05, 4.69) is 22.1 Å². The van der Waals surface area contributed by atoms with Crippen LogP contribution in [0.4, 0.5) is 0 Å². The maximum absolute atomic E-state index is 12.4. The van der Waals surface area contributed by atoms with E-state index in [4.69, 9.17) is 0 Å². The lowest BCUT2D eigenvalue weighted by Gasteiger charge is -2.04. The second-order valence-corrected chi connectivity index (χ2v) is 4.67. The zero-order chi connectivity index (χ0) is 14.0. The quantitative estimate of drug-likeness (QED) is 0.764. The molecule has 0 fully saturated rings. The highest BCUT2D eigenvalue weighted by Crippen LogP contribution is 2.14. The third kappa shape index (κ3) is 2.57. The maximum atomic E-state index is 12.4. The summed E-state index contributed by atoms with van der Waals surface area (Å²) in [4.78, 5) is 16.6. The summed E-state index contributed by atoms with van der Waals surface area (Å²) in [6, 6.07) is 0. The molecule has 102 valence electrons. The highest BCUT2D eigenvalue weighted by atomic mass is 16.1. The smallest absolute Gasteiger partial charge is 0.174 e. The number of rotatable bonds is 5. The molecule has 0 radical (unpaired) electrons. The van der Waals surface area contributed by atoms with Crippen LogP contribution in [0, 0.1) is 13.8 Å². The van der Waals surface area contributed by atoms with Crippen LogP contribution in [0.3, 0.4) is 0 Å². The fraction of sp³-hybridized carbons (Fsp3) is 0.538. The highest BCUT2D eigenvalue weighted by Gasteiger charge is 2.19. The summed E-state index contributed by atoms with van der Waals surface area (Å²) in [5, 5.41) is 8.41. The molecule has 19 heavy (non-hydrogen) atoms. The van der Waals surface area contributed by atoms with Gasteiger partial charge in [-0.05, 0) is 20.3 Å². The van der Waals surface area contributed by atoms with Crippen LogP contribution >= 0.6 is 0 Å². The van der Waals surface area contributed by atoms with Crippen molar-refractivity contribution in [3.05, 3.63) is 29.1 Å². The first-order chi connectivity index (χ1) is 9.04. The highest BCUT2D eigenvalue weighted by molar-refractivity contribution is 5.99. The third-order valence-electron chi connectivity index (χ3n) is 3.24. The molecule has 2 rings (SSSR count). The molecule has 0 atom stereocenters. The molecule has 0 aliphatic carbocycles. The van der Waals surface area contributed by atoms with E-state index in [1.807, 2.05) is 20.9 Å². The summed E-state index contributed by atoms with van der Waals surface area (Å²) in [5.41, 5.74) is 2.36. The number of ketones is 1. The van der Waals surface area contributed by atoms with Gasteiger partial charge in [0.1, 0.15) is 12.2 Å². The molecule has 2 aromatic rings. The number of hydrogen-bond acceptors (Lipinski definition) is 4. The Morgan fingerprint density at radius 2 is 2.11 bits per heavy atom. The lowest BCUT2D eigenvalue weighted by atomic mass is 10.1. The van der Waals surface area contributed by atoms with Crippen molar-refractivity contribution in [1.82, 2.24) is 24.5 Å². The molecule has 0 unspecified atom stereocenters. The third-order valence-corrected chi connectivity index (χ3v) is 3.24. The van der Waals surface area contributed by atoms with Gasteiger partial charge >= 0.3 is 0 Å². The van der Waals surface area contributed by atoms with Crippen LogP contribution in [0.25, 0.3) is 0 Å². The Balaban J connectivity index is 2.23. The molecule has 0 spiro atoms. The van der Waals surface area contributed by atoms with Gasteiger partial charge < -0.3 is 0 Å². The van der Waals surface area contributed by atoms with Gasteiger partial charge in [0, 0.05) is 19.3 Å². The van der Waals surface area contributed by atoms with Crippen LogP contribution < -0.4 is 0 Å². The molecule has 0 bridgehead atoms. The molecule has 0 amide bonds. The second-order valence-electron chi connectivity index (χ2n) is 4.67. The number of hydrogen-bond donors (Lipinski definition) is 0. The minimum atomic E-state index is 0.0495. The Hall–Kier alpha value is -1.98. The number of carbonyl (C=O) groups is 1. The van der Waals surface area contributed by atoms with Crippen LogP contribution in [0.5, 0.6) is 0 Å². The zero-order valence-electron chi connectivity index (χ0n) is 11.8. The van der Waals surface area contributed by atoms with Crippen molar-refractivity contribution < 1.29 is 4.79 Å². The van der Waals surface area contributed by atoms with Gasteiger partial charge in [-0.15, -0.1) is 0 Å². The first-order valence-electron chi connectivity index (χ1n) is 6.44. The van der Waals surface area contributed by atoms with Gasteiger partial charge in [-0.3, -0.25) is 9.48 Å². The average molecular weight is 261 g/mol. The summed E-state index contributed by atoms with van der Waals surface area (Å²) in [6.07, 6.45) is 2.74. The average Bonchev–Trinajstić information content (AvgIpc) is 2.86. The Morgan fingerprint density at radius 1 is 1.37 bits per heavy atom. The largest absolute Gasteiger partial charge is 0.294 e. The van der Waals surface area contributed by atoms with Crippen molar-refractivity contribution in [2.75, 3.05) is 0 Å². The predicted molar refractivity (Wildman–Crippen MR) is 71.0 cm³/mol. The van der Waals surface area contributed by atoms with Crippen LogP contribution in [0.15, 0.2) is 6.33 Å². The van der Waals surface area contributed by atoms with Crippen molar-refractivity contribution in [2.24, 2.45) is 7.05 Å². The van der Waals surface area contributed by atoms with E-state index in [-0.39, 0.29) is 12.2 Å². The van der Waals surface area contributed by atoms with Crippen LogP contribution in [-0.4, -0.2) is 30.3 Å². The predicted octanol–water partition coefficient (Wildman–Crippen LogP) is 1.46. The Bertz CT molecular complexity index is 596. The summed E-state index contributed by atoms with van der Waals surface area (Å²) in [6.45, 7) is 6.62. The van der Waals surface area contributed by atoms with E-state index in [1.54, 1.807) is 9.36 Å². The van der Waals surface area contributed by atoms with Gasteiger partial charge in [0.2, 0.25) is 0 Å². The maximum Gasteiger partial charge on any atom is 0.174 e. The Morgan fingerprint density at radius 3 is 2.68 bits per heavy atom. The van der Waals surface area contributed by atoms with Gasteiger partial charge in [-0.2, -0.15) is 10.2 Å². The zero-order valence-corrected chi connectivity index (χ0v) is 11.8. The van der Waals surface area contributed by atoms with E-state index in [1.165, 1.54) is 6.33 Å². The van der Waals surface area contributed by atoms with E-state index in [0.717, 1.165) is 30.2 Å². The van der Waals surface area contributed by atoms with Gasteiger partial charge in [-0.25, -0.2) is 9.67 Å². The van der Waals surface area contributed by atoms with Crippen LogP contribution in [-0.2, 0) is 20.0 Å². The molecule has 2 heterocycles. The number of Topliss-reactive ketones (excluding diaryl/α,β-unsaturated/α-hetero) is 1. The van der Waals surface area contributed by atoms with E-state index < -0.39 is 0 Å². The van der Waals surface area contributed by atoms with Gasteiger partial charge in [0.15, 0.2) is 5.78 Å². The molecule has 0 N–H and O–H groups in total. The standard InChI is InChI=1S/C13H19N5O/c1-5-6-18-12(14-8-15-18)7-11(19)13-9(2)16-17(4)10(13)3/h8H,5-7H2,1-4H3. The number of nitrogens with zero attached hydrogens (tertiary/aromatic N) is 5. The Labute approximate surface area is 112 Å². The molecule has 6 nitrogen and oxygen atoms in total.